The number of nitrogens with zero attached hydrogens (tertiary/aromatic N) is 6. The second-order valence-electron chi connectivity index (χ2n) is 7.13. The SMILES string of the molecule is C[C@@H]1CN(C2CCN(c3ncnc4c3cnn4C)CC2)C[C@H](C)O1. The molecule has 0 aliphatic carbocycles. The molecule has 0 bridgehead atoms. The molecule has 0 saturated carbocycles. The Balaban J connectivity index is 1.46. The third-order valence-corrected chi connectivity index (χ3v) is 5.24. The number of anilines is 1. The molecule has 0 aromatic carbocycles. The van der Waals surface area contributed by atoms with Crippen LogP contribution in [0, 0.1) is 0 Å². The molecular weight excluding hydrogens is 304 g/mol. The van der Waals surface area contributed by atoms with Crippen molar-refractivity contribution >= 4 is 16.9 Å². The van der Waals surface area contributed by atoms with Crippen molar-refractivity contribution in [3.8, 4) is 0 Å². The third-order valence-electron chi connectivity index (χ3n) is 5.24. The molecule has 0 amide bonds. The zero-order chi connectivity index (χ0) is 16.7. The summed E-state index contributed by atoms with van der Waals surface area (Å²) >= 11 is 0. The van der Waals surface area contributed by atoms with Gasteiger partial charge in [0.25, 0.3) is 0 Å². The zero-order valence-electron chi connectivity index (χ0n) is 14.7. The topological polar surface area (TPSA) is 59.3 Å². The van der Waals surface area contributed by atoms with E-state index in [9.17, 15) is 0 Å². The number of hydrogen-bond acceptors (Lipinski definition) is 6. The van der Waals surface area contributed by atoms with Gasteiger partial charge in [-0.15, -0.1) is 0 Å². The van der Waals surface area contributed by atoms with Crippen molar-refractivity contribution in [3.63, 3.8) is 0 Å². The van der Waals surface area contributed by atoms with Crippen LogP contribution in [0.2, 0.25) is 0 Å². The lowest BCUT2D eigenvalue weighted by atomic mass is 10.0. The maximum Gasteiger partial charge on any atom is 0.163 e. The van der Waals surface area contributed by atoms with Gasteiger partial charge in [0, 0.05) is 39.3 Å². The summed E-state index contributed by atoms with van der Waals surface area (Å²) in [5.41, 5.74) is 0.901. The number of hydrogen-bond donors (Lipinski definition) is 0. The van der Waals surface area contributed by atoms with Crippen molar-refractivity contribution in [2.75, 3.05) is 31.1 Å². The fourth-order valence-electron chi connectivity index (χ4n) is 4.16. The van der Waals surface area contributed by atoms with Gasteiger partial charge in [-0.2, -0.15) is 5.10 Å². The number of rotatable bonds is 2. The Bertz CT molecular complexity index is 698. The van der Waals surface area contributed by atoms with Crippen molar-refractivity contribution in [3.05, 3.63) is 12.5 Å². The summed E-state index contributed by atoms with van der Waals surface area (Å²) in [5.74, 6) is 1.02. The molecule has 7 heteroatoms. The van der Waals surface area contributed by atoms with Crippen LogP contribution in [-0.2, 0) is 11.8 Å². The Kier molecular flexibility index (Phi) is 4.14. The van der Waals surface area contributed by atoms with Gasteiger partial charge >= 0.3 is 0 Å². The molecule has 0 N–H and O–H groups in total. The number of aromatic nitrogens is 4. The predicted molar refractivity (Wildman–Crippen MR) is 93.1 cm³/mol. The number of fused-ring (bicyclic) bond motifs is 1. The van der Waals surface area contributed by atoms with Crippen LogP contribution in [0.25, 0.3) is 11.0 Å². The van der Waals surface area contributed by atoms with Crippen molar-refractivity contribution in [1.82, 2.24) is 24.6 Å². The standard InChI is InChI=1S/C17H26N6O/c1-12-9-23(10-13(2)24-12)14-4-6-22(7-5-14)17-15-8-20-21(3)16(15)18-11-19-17/h8,11-14H,4-7,9-10H2,1-3H3/t12-,13+. The first-order valence-corrected chi connectivity index (χ1v) is 8.89. The van der Waals surface area contributed by atoms with E-state index in [-0.39, 0.29) is 0 Å². The van der Waals surface area contributed by atoms with E-state index in [1.165, 1.54) is 12.8 Å². The molecule has 2 atom stereocenters. The lowest BCUT2D eigenvalue weighted by molar-refractivity contribution is -0.0826. The molecule has 130 valence electrons. The van der Waals surface area contributed by atoms with Crippen LogP contribution in [-0.4, -0.2) is 69.1 Å². The molecule has 2 saturated heterocycles. The first-order valence-electron chi connectivity index (χ1n) is 8.89. The molecule has 2 aromatic rings. The predicted octanol–water partition coefficient (Wildman–Crippen LogP) is 1.44. The lowest BCUT2D eigenvalue weighted by Crippen LogP contribution is -2.53. The minimum atomic E-state index is 0.337. The van der Waals surface area contributed by atoms with Gasteiger partial charge in [-0.05, 0) is 26.7 Å². The molecule has 0 unspecified atom stereocenters. The summed E-state index contributed by atoms with van der Waals surface area (Å²) in [6.45, 7) is 8.53. The Morgan fingerprint density at radius 3 is 2.50 bits per heavy atom. The van der Waals surface area contributed by atoms with E-state index in [4.69, 9.17) is 4.74 Å². The van der Waals surface area contributed by atoms with Crippen LogP contribution in [0.4, 0.5) is 5.82 Å². The van der Waals surface area contributed by atoms with Crippen LogP contribution in [0.1, 0.15) is 26.7 Å². The molecule has 0 radical (unpaired) electrons. The average molecular weight is 330 g/mol. The van der Waals surface area contributed by atoms with Crippen LogP contribution in [0.5, 0.6) is 0 Å². The largest absolute Gasteiger partial charge is 0.373 e. The Labute approximate surface area is 142 Å². The summed E-state index contributed by atoms with van der Waals surface area (Å²) in [6.07, 6.45) is 6.54. The summed E-state index contributed by atoms with van der Waals surface area (Å²) < 4.78 is 7.68. The van der Waals surface area contributed by atoms with Gasteiger partial charge in [0.1, 0.15) is 12.1 Å². The quantitative estimate of drug-likeness (QED) is 0.830. The van der Waals surface area contributed by atoms with Crippen LogP contribution >= 0.6 is 0 Å². The molecule has 2 aliphatic rings. The third kappa shape index (κ3) is 2.86. The van der Waals surface area contributed by atoms with Crippen LogP contribution in [0.3, 0.4) is 0 Å². The van der Waals surface area contributed by atoms with Gasteiger partial charge in [-0.3, -0.25) is 9.58 Å². The van der Waals surface area contributed by atoms with Crippen molar-refractivity contribution in [2.24, 2.45) is 7.05 Å². The summed E-state index contributed by atoms with van der Waals surface area (Å²) in [6, 6.07) is 0.654. The van der Waals surface area contributed by atoms with E-state index >= 15 is 0 Å². The molecular formula is C17H26N6O. The minimum Gasteiger partial charge on any atom is -0.373 e. The second kappa shape index (κ2) is 6.29. The Morgan fingerprint density at radius 1 is 1.08 bits per heavy atom. The summed E-state index contributed by atoms with van der Waals surface area (Å²) in [5, 5.41) is 5.37. The number of aryl methyl sites for hydroxylation is 1. The number of morpholine rings is 1. The second-order valence-corrected chi connectivity index (χ2v) is 7.13. The minimum absolute atomic E-state index is 0.337. The molecule has 2 aromatic heterocycles. The molecule has 4 rings (SSSR count). The Morgan fingerprint density at radius 2 is 1.79 bits per heavy atom. The maximum absolute atomic E-state index is 5.87. The van der Waals surface area contributed by atoms with Gasteiger partial charge in [0.2, 0.25) is 0 Å². The van der Waals surface area contributed by atoms with Crippen molar-refractivity contribution in [2.45, 2.75) is 44.9 Å². The van der Waals surface area contributed by atoms with Crippen LogP contribution in [0.15, 0.2) is 12.5 Å². The van der Waals surface area contributed by atoms with E-state index in [2.05, 4.69) is 38.7 Å². The van der Waals surface area contributed by atoms with Gasteiger partial charge in [0.05, 0.1) is 23.8 Å². The summed E-state index contributed by atoms with van der Waals surface area (Å²) in [4.78, 5) is 13.9. The monoisotopic (exact) mass is 330 g/mol. The van der Waals surface area contributed by atoms with Gasteiger partial charge in [-0.1, -0.05) is 0 Å². The fraction of sp³-hybridized carbons (Fsp3) is 0.706. The fourth-order valence-corrected chi connectivity index (χ4v) is 4.16. The number of piperidine rings is 1. The highest BCUT2D eigenvalue weighted by molar-refractivity contribution is 5.86. The molecule has 0 spiro atoms. The Hall–Kier alpha value is -1.73. The highest BCUT2D eigenvalue weighted by Crippen LogP contribution is 2.27. The van der Waals surface area contributed by atoms with Gasteiger partial charge in [0.15, 0.2) is 5.65 Å². The molecule has 24 heavy (non-hydrogen) atoms. The van der Waals surface area contributed by atoms with Gasteiger partial charge < -0.3 is 9.64 Å². The number of ether oxygens (including phenoxy) is 1. The highest BCUT2D eigenvalue weighted by Gasteiger charge is 2.31. The van der Waals surface area contributed by atoms with E-state index < -0.39 is 0 Å². The first kappa shape index (κ1) is 15.8. The van der Waals surface area contributed by atoms with Gasteiger partial charge in [-0.25, -0.2) is 9.97 Å². The molecule has 7 nitrogen and oxygen atoms in total. The highest BCUT2D eigenvalue weighted by atomic mass is 16.5. The van der Waals surface area contributed by atoms with E-state index in [1.807, 2.05) is 17.9 Å². The summed E-state index contributed by atoms with van der Waals surface area (Å²) in [7, 11) is 1.92. The van der Waals surface area contributed by atoms with Crippen LogP contribution < -0.4 is 4.90 Å². The van der Waals surface area contributed by atoms with Crippen molar-refractivity contribution in [1.29, 1.82) is 0 Å². The zero-order valence-corrected chi connectivity index (χ0v) is 14.7. The lowest BCUT2D eigenvalue weighted by Gasteiger charge is -2.43. The normalized spacial score (nSPS) is 27.0. The van der Waals surface area contributed by atoms with Crippen molar-refractivity contribution < 1.29 is 4.74 Å². The van der Waals surface area contributed by atoms with E-state index in [0.29, 0.717) is 18.2 Å². The smallest absolute Gasteiger partial charge is 0.163 e. The average Bonchev–Trinajstić information content (AvgIpc) is 2.96. The molecule has 4 heterocycles. The molecule has 2 fully saturated rings. The first-order chi connectivity index (χ1) is 11.6. The van der Waals surface area contributed by atoms with E-state index in [1.54, 1.807) is 6.33 Å². The maximum atomic E-state index is 5.87. The van der Waals surface area contributed by atoms with E-state index in [0.717, 1.165) is 43.0 Å². The molecule has 2 aliphatic heterocycles.